The van der Waals surface area contributed by atoms with E-state index >= 15 is 0 Å². The molecular formula is C21H28N2O2. The number of aromatic nitrogens is 1. The van der Waals surface area contributed by atoms with Crippen LogP contribution in [-0.4, -0.2) is 36.6 Å². The summed E-state index contributed by atoms with van der Waals surface area (Å²) < 4.78 is 5.65. The normalized spacial score (nSPS) is 16.1. The van der Waals surface area contributed by atoms with Gasteiger partial charge in [-0.15, -0.1) is 0 Å². The van der Waals surface area contributed by atoms with Crippen LogP contribution < -0.4 is 10.3 Å². The van der Waals surface area contributed by atoms with E-state index in [-0.39, 0.29) is 5.56 Å². The van der Waals surface area contributed by atoms with Gasteiger partial charge in [0.05, 0.1) is 7.11 Å². The smallest absolute Gasteiger partial charge is 0.255 e. The number of nitrogens with zero attached hydrogens (tertiary/aromatic N) is 1. The van der Waals surface area contributed by atoms with Crippen molar-refractivity contribution in [3.8, 4) is 16.9 Å². The Hall–Kier alpha value is -2.07. The van der Waals surface area contributed by atoms with Gasteiger partial charge in [0.15, 0.2) is 0 Å². The number of aromatic amines is 1. The summed E-state index contributed by atoms with van der Waals surface area (Å²) in [7, 11) is 1.73. The largest absolute Gasteiger partial charge is 0.496 e. The monoisotopic (exact) mass is 340 g/mol. The fourth-order valence-corrected chi connectivity index (χ4v) is 3.69. The minimum Gasteiger partial charge on any atom is -0.496 e. The molecule has 1 aromatic carbocycles. The Bertz CT molecular complexity index is 774. The van der Waals surface area contributed by atoms with E-state index in [0.29, 0.717) is 5.56 Å². The van der Waals surface area contributed by atoms with E-state index in [9.17, 15) is 4.79 Å². The maximum atomic E-state index is 12.1. The molecule has 0 saturated carbocycles. The number of ether oxygens (including phenoxy) is 1. The van der Waals surface area contributed by atoms with Gasteiger partial charge in [0, 0.05) is 18.3 Å². The van der Waals surface area contributed by atoms with Crippen molar-refractivity contribution in [2.24, 2.45) is 5.92 Å². The van der Waals surface area contributed by atoms with Gasteiger partial charge in [-0.3, -0.25) is 4.79 Å². The van der Waals surface area contributed by atoms with E-state index in [1.807, 2.05) is 25.1 Å². The molecular weight excluding hydrogens is 312 g/mol. The number of methoxy groups -OCH3 is 1. The first kappa shape index (κ1) is 17.7. The van der Waals surface area contributed by atoms with E-state index in [0.717, 1.165) is 35.8 Å². The third kappa shape index (κ3) is 4.13. The van der Waals surface area contributed by atoms with Crippen molar-refractivity contribution in [1.29, 1.82) is 0 Å². The summed E-state index contributed by atoms with van der Waals surface area (Å²) in [6.45, 7) is 7.79. The Kier molecular flexibility index (Phi) is 5.59. The molecule has 2 aromatic rings. The van der Waals surface area contributed by atoms with Crippen LogP contribution >= 0.6 is 0 Å². The second-order valence-electron chi connectivity index (χ2n) is 7.17. The van der Waals surface area contributed by atoms with Gasteiger partial charge >= 0.3 is 0 Å². The van der Waals surface area contributed by atoms with Crippen molar-refractivity contribution < 1.29 is 4.74 Å². The highest BCUT2D eigenvalue weighted by molar-refractivity contribution is 5.66. The molecule has 0 radical (unpaired) electrons. The summed E-state index contributed by atoms with van der Waals surface area (Å²) in [5.41, 5.74) is 3.87. The molecule has 1 fully saturated rings. The highest BCUT2D eigenvalue weighted by atomic mass is 16.5. The van der Waals surface area contributed by atoms with Crippen LogP contribution in [-0.2, 0) is 6.42 Å². The number of hydrogen-bond donors (Lipinski definition) is 1. The van der Waals surface area contributed by atoms with Gasteiger partial charge < -0.3 is 14.6 Å². The maximum Gasteiger partial charge on any atom is 0.255 e. The number of pyridine rings is 1. The topological polar surface area (TPSA) is 45.3 Å². The highest BCUT2D eigenvalue weighted by Gasteiger charge is 2.17. The number of nitrogens with one attached hydrogen (secondary N) is 1. The zero-order valence-electron chi connectivity index (χ0n) is 15.5. The number of piperidine rings is 1. The Labute approximate surface area is 149 Å². The summed E-state index contributed by atoms with van der Waals surface area (Å²) in [5, 5.41) is 0. The Morgan fingerprint density at radius 1 is 1.28 bits per heavy atom. The molecule has 0 atom stereocenters. The van der Waals surface area contributed by atoms with Crippen LogP contribution in [0.2, 0.25) is 0 Å². The lowest BCUT2D eigenvalue weighted by atomic mass is 9.96. The average molecular weight is 340 g/mol. The number of aryl methyl sites for hydroxylation is 1. The van der Waals surface area contributed by atoms with E-state index in [1.165, 1.54) is 31.5 Å². The predicted octanol–water partition coefficient (Wildman–Crippen LogP) is 3.63. The second-order valence-corrected chi connectivity index (χ2v) is 7.17. The van der Waals surface area contributed by atoms with Crippen molar-refractivity contribution >= 4 is 0 Å². The lowest BCUT2D eigenvalue weighted by Crippen LogP contribution is -2.34. The van der Waals surface area contributed by atoms with Gasteiger partial charge in [0.1, 0.15) is 5.75 Å². The van der Waals surface area contributed by atoms with Crippen LogP contribution in [0, 0.1) is 12.8 Å². The summed E-state index contributed by atoms with van der Waals surface area (Å²) in [6, 6.07) is 7.89. The van der Waals surface area contributed by atoms with Gasteiger partial charge in [-0.1, -0.05) is 6.92 Å². The second kappa shape index (κ2) is 7.87. The molecule has 1 aromatic heterocycles. The molecule has 0 amide bonds. The number of likely N-dealkylation sites (tertiary alicyclic amines) is 1. The molecule has 0 spiro atoms. The third-order valence-corrected chi connectivity index (χ3v) is 5.26. The number of H-pyrrole nitrogens is 1. The van der Waals surface area contributed by atoms with Gasteiger partial charge in [0.25, 0.3) is 5.56 Å². The molecule has 0 unspecified atom stereocenters. The molecule has 25 heavy (non-hydrogen) atoms. The van der Waals surface area contributed by atoms with E-state index < -0.39 is 0 Å². The quantitative estimate of drug-likeness (QED) is 0.904. The first-order valence-corrected chi connectivity index (χ1v) is 9.16. The van der Waals surface area contributed by atoms with Crippen molar-refractivity contribution in [3.05, 3.63) is 51.9 Å². The first-order valence-electron chi connectivity index (χ1n) is 9.16. The number of benzene rings is 1. The zero-order valence-corrected chi connectivity index (χ0v) is 15.5. The van der Waals surface area contributed by atoms with Crippen LogP contribution in [0.1, 0.15) is 30.9 Å². The number of hydrogen-bond acceptors (Lipinski definition) is 3. The third-order valence-electron chi connectivity index (χ3n) is 5.26. The first-order chi connectivity index (χ1) is 12.1. The van der Waals surface area contributed by atoms with E-state index in [2.05, 4.69) is 22.9 Å². The van der Waals surface area contributed by atoms with Crippen molar-refractivity contribution in [1.82, 2.24) is 9.88 Å². The zero-order chi connectivity index (χ0) is 17.8. The van der Waals surface area contributed by atoms with E-state index in [4.69, 9.17) is 4.74 Å². The summed E-state index contributed by atoms with van der Waals surface area (Å²) in [6.07, 6.45) is 5.18. The van der Waals surface area contributed by atoms with Crippen molar-refractivity contribution in [2.45, 2.75) is 33.1 Å². The lowest BCUT2D eigenvalue weighted by molar-refractivity contribution is 0.194. The Morgan fingerprint density at radius 2 is 2.04 bits per heavy atom. The van der Waals surface area contributed by atoms with Gasteiger partial charge in [0.2, 0.25) is 0 Å². The molecule has 0 aliphatic carbocycles. The SMILES string of the molecule is COc1c(C)cc(-c2ccc[nH]c2=O)cc1CCN1CCC(C)CC1. The van der Waals surface area contributed by atoms with E-state index in [1.54, 1.807) is 13.3 Å². The minimum atomic E-state index is -0.0527. The minimum absolute atomic E-state index is 0.0527. The van der Waals surface area contributed by atoms with Crippen LogP contribution in [0.4, 0.5) is 0 Å². The molecule has 1 aliphatic rings. The molecule has 1 saturated heterocycles. The molecule has 0 bridgehead atoms. The molecule has 4 heteroatoms. The molecule has 1 N–H and O–H groups in total. The molecule has 134 valence electrons. The Balaban J connectivity index is 1.84. The van der Waals surface area contributed by atoms with Gasteiger partial charge in [-0.25, -0.2) is 0 Å². The van der Waals surface area contributed by atoms with Crippen LogP contribution in [0.15, 0.2) is 35.3 Å². The predicted molar refractivity (Wildman–Crippen MR) is 102 cm³/mol. The molecule has 2 heterocycles. The van der Waals surface area contributed by atoms with Gasteiger partial charge in [-0.2, -0.15) is 0 Å². The van der Waals surface area contributed by atoms with Crippen molar-refractivity contribution in [3.63, 3.8) is 0 Å². The van der Waals surface area contributed by atoms with Crippen LogP contribution in [0.3, 0.4) is 0 Å². The van der Waals surface area contributed by atoms with Crippen LogP contribution in [0.5, 0.6) is 5.75 Å². The number of rotatable bonds is 5. The Morgan fingerprint density at radius 3 is 2.72 bits per heavy atom. The average Bonchev–Trinajstić information content (AvgIpc) is 2.61. The lowest BCUT2D eigenvalue weighted by Gasteiger charge is -2.30. The van der Waals surface area contributed by atoms with Crippen LogP contribution in [0.25, 0.3) is 11.1 Å². The fourth-order valence-electron chi connectivity index (χ4n) is 3.69. The molecule has 1 aliphatic heterocycles. The molecule has 4 nitrogen and oxygen atoms in total. The summed E-state index contributed by atoms with van der Waals surface area (Å²) in [4.78, 5) is 17.4. The summed E-state index contributed by atoms with van der Waals surface area (Å²) in [5.74, 6) is 1.79. The molecule has 3 rings (SSSR count). The summed E-state index contributed by atoms with van der Waals surface area (Å²) >= 11 is 0. The van der Waals surface area contributed by atoms with Gasteiger partial charge in [-0.05, 0) is 86.1 Å². The fraction of sp³-hybridized carbons (Fsp3) is 0.476. The highest BCUT2D eigenvalue weighted by Crippen LogP contribution is 2.30. The maximum absolute atomic E-state index is 12.1. The van der Waals surface area contributed by atoms with Crippen molar-refractivity contribution in [2.75, 3.05) is 26.7 Å². The standard InChI is InChI=1S/C21H28N2O2/c1-15-6-10-23(11-7-15)12-8-17-14-18(13-16(2)20(17)25-3)19-5-4-9-22-21(19)24/h4-5,9,13-15H,6-8,10-12H2,1-3H3,(H,22,24).